The number of hydrogen-bond acceptors (Lipinski definition) is 2. The minimum Gasteiger partial charge on any atom is -0.378 e. The summed E-state index contributed by atoms with van der Waals surface area (Å²) in [6.45, 7) is 4.10. The average molecular weight is 313 g/mol. The Hall–Kier alpha value is -1.03. The van der Waals surface area contributed by atoms with E-state index >= 15 is 0 Å². The van der Waals surface area contributed by atoms with Crippen LogP contribution in [-0.2, 0) is 0 Å². The molecule has 1 aromatic rings. The topological polar surface area (TPSA) is 32.3 Å². The number of hydrogen-bond donors (Lipinski definition) is 1. The van der Waals surface area contributed by atoms with E-state index in [0.717, 1.165) is 12.1 Å². The van der Waals surface area contributed by atoms with Crippen LogP contribution in [-0.4, -0.2) is 30.9 Å². The minimum absolute atomic E-state index is 0.0145. The standard InChI is InChI=1S/C14H21BrN2O/c1-10(15)8-11(2)16-14(18)12-6-5-7-13(9-12)17(3)4/h5-7,9-11H,8H2,1-4H3,(H,16,18). The van der Waals surface area contributed by atoms with Crippen molar-refractivity contribution < 1.29 is 4.79 Å². The smallest absolute Gasteiger partial charge is 0.251 e. The molecule has 0 aliphatic carbocycles. The minimum atomic E-state index is -0.0145. The third kappa shape index (κ3) is 4.69. The van der Waals surface area contributed by atoms with E-state index in [1.54, 1.807) is 0 Å². The number of halogens is 1. The van der Waals surface area contributed by atoms with Crippen LogP contribution in [0.5, 0.6) is 0 Å². The van der Waals surface area contributed by atoms with Gasteiger partial charge in [-0.05, 0) is 31.5 Å². The zero-order valence-electron chi connectivity index (χ0n) is 11.4. The quantitative estimate of drug-likeness (QED) is 0.848. The van der Waals surface area contributed by atoms with E-state index < -0.39 is 0 Å². The van der Waals surface area contributed by atoms with Gasteiger partial charge in [0.2, 0.25) is 0 Å². The van der Waals surface area contributed by atoms with E-state index in [1.807, 2.05) is 50.2 Å². The van der Waals surface area contributed by atoms with E-state index in [2.05, 4.69) is 28.2 Å². The van der Waals surface area contributed by atoms with Gasteiger partial charge in [0.25, 0.3) is 5.91 Å². The molecule has 3 nitrogen and oxygen atoms in total. The molecule has 18 heavy (non-hydrogen) atoms. The van der Waals surface area contributed by atoms with E-state index in [1.165, 1.54) is 0 Å². The van der Waals surface area contributed by atoms with Gasteiger partial charge in [-0.25, -0.2) is 0 Å². The summed E-state index contributed by atoms with van der Waals surface area (Å²) in [5.74, 6) is -0.0145. The Balaban J connectivity index is 2.69. The second-order valence-corrected chi connectivity index (χ2v) is 6.40. The molecule has 2 unspecified atom stereocenters. The third-order valence-corrected chi connectivity index (χ3v) is 3.05. The van der Waals surface area contributed by atoms with Crippen LogP contribution in [0.3, 0.4) is 0 Å². The molecule has 0 fully saturated rings. The lowest BCUT2D eigenvalue weighted by atomic mass is 10.1. The average Bonchev–Trinajstić information content (AvgIpc) is 2.27. The Kier molecular flexibility index (Phi) is 5.66. The van der Waals surface area contributed by atoms with Crippen molar-refractivity contribution in [1.82, 2.24) is 5.32 Å². The number of anilines is 1. The second kappa shape index (κ2) is 6.78. The molecule has 2 atom stereocenters. The number of carbonyl (C=O) groups is 1. The van der Waals surface area contributed by atoms with Crippen LogP contribution >= 0.6 is 15.9 Å². The first kappa shape index (κ1) is 15.0. The van der Waals surface area contributed by atoms with Crippen molar-refractivity contribution >= 4 is 27.5 Å². The molecule has 0 aliphatic rings. The van der Waals surface area contributed by atoms with Crippen LogP contribution in [0.25, 0.3) is 0 Å². The molecule has 1 rings (SSSR count). The SMILES string of the molecule is CC(Br)CC(C)NC(=O)c1cccc(N(C)C)c1. The zero-order chi connectivity index (χ0) is 13.7. The van der Waals surface area contributed by atoms with Crippen LogP contribution in [0.15, 0.2) is 24.3 Å². The number of nitrogens with zero attached hydrogens (tertiary/aromatic N) is 1. The lowest BCUT2D eigenvalue weighted by Gasteiger charge is -2.17. The highest BCUT2D eigenvalue weighted by Crippen LogP contribution is 2.14. The molecule has 1 aromatic carbocycles. The molecule has 0 saturated carbocycles. The molecule has 0 saturated heterocycles. The number of benzene rings is 1. The number of amides is 1. The number of carbonyl (C=O) groups excluding carboxylic acids is 1. The van der Waals surface area contributed by atoms with Gasteiger partial charge in [-0.3, -0.25) is 4.79 Å². The van der Waals surface area contributed by atoms with Gasteiger partial charge >= 0.3 is 0 Å². The van der Waals surface area contributed by atoms with Gasteiger partial charge in [-0.1, -0.05) is 28.9 Å². The van der Waals surface area contributed by atoms with Crippen molar-refractivity contribution in [1.29, 1.82) is 0 Å². The summed E-state index contributed by atoms with van der Waals surface area (Å²) in [6.07, 6.45) is 0.916. The highest BCUT2D eigenvalue weighted by molar-refractivity contribution is 9.09. The van der Waals surface area contributed by atoms with Gasteiger partial charge < -0.3 is 10.2 Å². The Bertz CT molecular complexity index is 405. The molecule has 1 amide bonds. The van der Waals surface area contributed by atoms with E-state index in [4.69, 9.17) is 0 Å². The maximum absolute atomic E-state index is 12.1. The van der Waals surface area contributed by atoms with E-state index in [-0.39, 0.29) is 11.9 Å². The van der Waals surface area contributed by atoms with Crippen molar-refractivity contribution in [2.75, 3.05) is 19.0 Å². The summed E-state index contributed by atoms with van der Waals surface area (Å²) in [7, 11) is 3.93. The predicted molar refractivity (Wildman–Crippen MR) is 80.7 cm³/mol. The van der Waals surface area contributed by atoms with E-state index in [0.29, 0.717) is 10.4 Å². The fraction of sp³-hybridized carbons (Fsp3) is 0.500. The lowest BCUT2D eigenvalue weighted by molar-refractivity contribution is 0.0938. The van der Waals surface area contributed by atoms with Crippen molar-refractivity contribution in [2.24, 2.45) is 0 Å². The van der Waals surface area contributed by atoms with Crippen LogP contribution < -0.4 is 10.2 Å². The molecular formula is C14H21BrN2O. The van der Waals surface area contributed by atoms with Gasteiger partial charge in [0, 0.05) is 36.2 Å². The Morgan fingerprint density at radius 1 is 1.39 bits per heavy atom. The Labute approximate surface area is 118 Å². The Morgan fingerprint density at radius 3 is 2.61 bits per heavy atom. The molecule has 0 radical (unpaired) electrons. The summed E-state index contributed by atoms with van der Waals surface area (Å²) >= 11 is 3.49. The molecule has 4 heteroatoms. The van der Waals surface area contributed by atoms with Gasteiger partial charge in [0.05, 0.1) is 0 Å². The van der Waals surface area contributed by atoms with Gasteiger partial charge in [0.15, 0.2) is 0 Å². The fourth-order valence-corrected chi connectivity index (χ4v) is 2.34. The van der Waals surface area contributed by atoms with Gasteiger partial charge in [-0.15, -0.1) is 0 Å². The van der Waals surface area contributed by atoms with Crippen molar-refractivity contribution in [3.63, 3.8) is 0 Å². The zero-order valence-corrected chi connectivity index (χ0v) is 13.0. The molecule has 0 heterocycles. The lowest BCUT2D eigenvalue weighted by Crippen LogP contribution is -2.33. The van der Waals surface area contributed by atoms with Gasteiger partial charge in [0.1, 0.15) is 0 Å². The van der Waals surface area contributed by atoms with Crippen molar-refractivity contribution in [3.8, 4) is 0 Å². The third-order valence-electron chi connectivity index (χ3n) is 2.68. The normalized spacial score (nSPS) is 13.8. The van der Waals surface area contributed by atoms with Crippen LogP contribution in [0.4, 0.5) is 5.69 Å². The molecule has 1 N–H and O–H groups in total. The van der Waals surface area contributed by atoms with E-state index in [9.17, 15) is 4.79 Å². The molecule has 0 bridgehead atoms. The Morgan fingerprint density at radius 2 is 2.06 bits per heavy atom. The molecule has 100 valence electrons. The van der Waals surface area contributed by atoms with Gasteiger partial charge in [-0.2, -0.15) is 0 Å². The highest BCUT2D eigenvalue weighted by atomic mass is 79.9. The number of nitrogens with one attached hydrogen (secondary N) is 1. The molecular weight excluding hydrogens is 292 g/mol. The fourth-order valence-electron chi connectivity index (χ4n) is 1.78. The summed E-state index contributed by atoms with van der Waals surface area (Å²) in [5.41, 5.74) is 1.74. The highest BCUT2D eigenvalue weighted by Gasteiger charge is 2.12. The van der Waals surface area contributed by atoms with Crippen LogP contribution in [0, 0.1) is 0 Å². The second-order valence-electron chi connectivity index (χ2n) is 4.84. The molecule has 0 aromatic heterocycles. The van der Waals surface area contributed by atoms with Crippen LogP contribution in [0.1, 0.15) is 30.6 Å². The summed E-state index contributed by atoms with van der Waals surface area (Å²) in [4.78, 5) is 14.5. The first-order valence-corrected chi connectivity index (χ1v) is 7.04. The monoisotopic (exact) mass is 312 g/mol. The summed E-state index contributed by atoms with van der Waals surface area (Å²) in [6, 6.07) is 7.80. The predicted octanol–water partition coefficient (Wildman–Crippen LogP) is 3.04. The largest absolute Gasteiger partial charge is 0.378 e. The van der Waals surface area contributed by atoms with Crippen molar-refractivity contribution in [2.45, 2.75) is 31.1 Å². The summed E-state index contributed by atoms with van der Waals surface area (Å²) < 4.78 is 0. The molecule has 0 spiro atoms. The first-order valence-electron chi connectivity index (χ1n) is 6.12. The van der Waals surface area contributed by atoms with Crippen molar-refractivity contribution in [3.05, 3.63) is 29.8 Å². The van der Waals surface area contributed by atoms with Crippen LogP contribution in [0.2, 0.25) is 0 Å². The maximum Gasteiger partial charge on any atom is 0.251 e. The summed E-state index contributed by atoms with van der Waals surface area (Å²) in [5, 5.41) is 3.01. The number of rotatable bonds is 5. The number of alkyl halides is 1. The first-order chi connectivity index (χ1) is 8.40. The molecule has 0 aliphatic heterocycles. The maximum atomic E-state index is 12.1.